The van der Waals surface area contributed by atoms with E-state index in [1.807, 2.05) is 4.90 Å². The van der Waals surface area contributed by atoms with E-state index in [0.717, 1.165) is 31.7 Å². The van der Waals surface area contributed by atoms with E-state index >= 15 is 0 Å². The third-order valence-corrected chi connectivity index (χ3v) is 4.48. The predicted molar refractivity (Wildman–Crippen MR) is 106 cm³/mol. The number of amides is 2. The molecule has 0 spiro atoms. The van der Waals surface area contributed by atoms with Gasteiger partial charge in [0, 0.05) is 29.9 Å². The Hall–Kier alpha value is -2.82. The highest BCUT2D eigenvalue weighted by Gasteiger charge is 2.19. The topological polar surface area (TPSA) is 58.6 Å². The van der Waals surface area contributed by atoms with E-state index in [-0.39, 0.29) is 11.8 Å². The molecule has 0 atom stereocenters. The standard InChI is InChI=1S/C22H26N2O3/c1-16(2)15-27-20-11-7-17(8-12-20)21(25)23-19-9-5-18(6-10-19)22(26)24-13-3-4-14-24/h5-12,16H,3-4,13-15H2,1-2H3,(H,23,25). The van der Waals surface area contributed by atoms with Gasteiger partial charge in [0.25, 0.3) is 11.8 Å². The van der Waals surface area contributed by atoms with Crippen LogP contribution in [0.25, 0.3) is 0 Å². The van der Waals surface area contributed by atoms with Crippen LogP contribution < -0.4 is 10.1 Å². The molecule has 0 unspecified atom stereocenters. The first-order chi connectivity index (χ1) is 13.0. The average molecular weight is 366 g/mol. The van der Waals surface area contributed by atoms with Crippen molar-refractivity contribution in [1.82, 2.24) is 4.90 Å². The van der Waals surface area contributed by atoms with Gasteiger partial charge in [0.1, 0.15) is 5.75 Å². The number of nitrogens with one attached hydrogen (secondary N) is 1. The molecule has 0 bridgehead atoms. The highest BCUT2D eigenvalue weighted by Crippen LogP contribution is 2.17. The highest BCUT2D eigenvalue weighted by molar-refractivity contribution is 6.04. The normalized spacial score (nSPS) is 13.7. The number of carbonyl (C=O) groups is 2. The first-order valence-electron chi connectivity index (χ1n) is 9.46. The van der Waals surface area contributed by atoms with Crippen LogP contribution in [-0.4, -0.2) is 36.4 Å². The molecule has 0 aromatic heterocycles. The molecule has 1 fully saturated rings. The van der Waals surface area contributed by atoms with E-state index in [1.165, 1.54) is 0 Å². The van der Waals surface area contributed by atoms with Crippen molar-refractivity contribution in [3.63, 3.8) is 0 Å². The number of likely N-dealkylation sites (tertiary alicyclic amines) is 1. The van der Waals surface area contributed by atoms with E-state index in [1.54, 1.807) is 48.5 Å². The van der Waals surface area contributed by atoms with Crippen LogP contribution in [0.1, 0.15) is 47.4 Å². The Bertz CT molecular complexity index is 776. The summed E-state index contributed by atoms with van der Waals surface area (Å²) in [6.07, 6.45) is 2.14. The van der Waals surface area contributed by atoms with Crippen LogP contribution >= 0.6 is 0 Å². The third-order valence-electron chi connectivity index (χ3n) is 4.48. The van der Waals surface area contributed by atoms with Crippen molar-refractivity contribution in [2.24, 2.45) is 5.92 Å². The number of hydrogen-bond acceptors (Lipinski definition) is 3. The molecule has 2 amide bonds. The molecular formula is C22H26N2O3. The molecule has 3 rings (SSSR count). The minimum absolute atomic E-state index is 0.0577. The van der Waals surface area contributed by atoms with Gasteiger partial charge >= 0.3 is 0 Å². The van der Waals surface area contributed by atoms with Crippen LogP contribution in [0.3, 0.4) is 0 Å². The fourth-order valence-corrected chi connectivity index (χ4v) is 2.97. The van der Waals surface area contributed by atoms with Gasteiger partial charge in [-0.1, -0.05) is 13.8 Å². The fourth-order valence-electron chi connectivity index (χ4n) is 2.97. The Kier molecular flexibility index (Phi) is 6.12. The van der Waals surface area contributed by atoms with E-state index in [9.17, 15) is 9.59 Å². The Balaban J connectivity index is 1.58. The van der Waals surface area contributed by atoms with E-state index in [2.05, 4.69) is 19.2 Å². The zero-order valence-corrected chi connectivity index (χ0v) is 15.9. The Morgan fingerprint density at radius 2 is 1.56 bits per heavy atom. The summed E-state index contributed by atoms with van der Waals surface area (Å²) in [5.74, 6) is 1.07. The molecule has 1 aliphatic rings. The second-order valence-corrected chi connectivity index (χ2v) is 7.26. The van der Waals surface area contributed by atoms with Crippen LogP contribution in [0.15, 0.2) is 48.5 Å². The largest absolute Gasteiger partial charge is 0.493 e. The van der Waals surface area contributed by atoms with Gasteiger partial charge in [0.2, 0.25) is 0 Å². The van der Waals surface area contributed by atoms with Crippen LogP contribution in [0, 0.1) is 5.92 Å². The minimum atomic E-state index is -0.191. The fraction of sp³-hybridized carbons (Fsp3) is 0.364. The second kappa shape index (κ2) is 8.71. The number of nitrogens with zero attached hydrogens (tertiary/aromatic N) is 1. The summed E-state index contributed by atoms with van der Waals surface area (Å²) in [5, 5.41) is 2.86. The van der Waals surface area contributed by atoms with Gasteiger partial charge in [-0.05, 0) is 67.3 Å². The van der Waals surface area contributed by atoms with Crippen molar-refractivity contribution in [2.75, 3.05) is 25.0 Å². The maximum atomic E-state index is 12.4. The highest BCUT2D eigenvalue weighted by atomic mass is 16.5. The molecule has 0 aliphatic carbocycles. The summed E-state index contributed by atoms with van der Waals surface area (Å²) < 4.78 is 5.63. The van der Waals surface area contributed by atoms with Crippen molar-refractivity contribution in [3.8, 4) is 5.75 Å². The maximum Gasteiger partial charge on any atom is 0.255 e. The van der Waals surface area contributed by atoms with Crippen molar-refractivity contribution >= 4 is 17.5 Å². The number of rotatable bonds is 6. The van der Waals surface area contributed by atoms with Crippen LogP contribution in [0.4, 0.5) is 5.69 Å². The van der Waals surface area contributed by atoms with Crippen LogP contribution in [0.5, 0.6) is 5.75 Å². The van der Waals surface area contributed by atoms with Gasteiger partial charge in [-0.3, -0.25) is 9.59 Å². The number of carbonyl (C=O) groups excluding carboxylic acids is 2. The summed E-state index contributed by atoms with van der Waals surface area (Å²) in [4.78, 5) is 26.6. The smallest absolute Gasteiger partial charge is 0.255 e. The molecular weight excluding hydrogens is 340 g/mol. The average Bonchev–Trinajstić information content (AvgIpc) is 3.21. The number of anilines is 1. The number of benzene rings is 2. The van der Waals surface area contributed by atoms with Crippen molar-refractivity contribution in [3.05, 3.63) is 59.7 Å². The van der Waals surface area contributed by atoms with Gasteiger partial charge < -0.3 is 15.0 Å². The lowest BCUT2D eigenvalue weighted by Crippen LogP contribution is -2.27. The molecule has 1 N–H and O–H groups in total. The molecule has 5 nitrogen and oxygen atoms in total. The molecule has 1 heterocycles. The van der Waals surface area contributed by atoms with Gasteiger partial charge in [0.15, 0.2) is 0 Å². The number of ether oxygens (including phenoxy) is 1. The Labute approximate surface area is 160 Å². The van der Waals surface area contributed by atoms with E-state index < -0.39 is 0 Å². The van der Waals surface area contributed by atoms with Crippen LogP contribution in [0.2, 0.25) is 0 Å². The van der Waals surface area contributed by atoms with Gasteiger partial charge in [-0.25, -0.2) is 0 Å². The predicted octanol–water partition coefficient (Wildman–Crippen LogP) is 4.21. The number of hydrogen-bond donors (Lipinski definition) is 1. The summed E-state index contributed by atoms with van der Waals surface area (Å²) in [6.45, 7) is 6.48. The monoisotopic (exact) mass is 366 g/mol. The molecule has 1 aliphatic heterocycles. The van der Waals surface area contributed by atoms with Crippen molar-refractivity contribution in [1.29, 1.82) is 0 Å². The van der Waals surface area contributed by atoms with Crippen molar-refractivity contribution in [2.45, 2.75) is 26.7 Å². The molecule has 5 heteroatoms. The van der Waals surface area contributed by atoms with Crippen LogP contribution in [-0.2, 0) is 0 Å². The van der Waals surface area contributed by atoms with Crippen molar-refractivity contribution < 1.29 is 14.3 Å². The van der Waals surface area contributed by atoms with E-state index in [0.29, 0.717) is 29.3 Å². The maximum absolute atomic E-state index is 12.4. The summed E-state index contributed by atoms with van der Waals surface area (Å²) >= 11 is 0. The summed E-state index contributed by atoms with van der Waals surface area (Å²) in [6, 6.07) is 14.2. The molecule has 142 valence electrons. The SMILES string of the molecule is CC(C)COc1ccc(C(=O)Nc2ccc(C(=O)N3CCCC3)cc2)cc1. The summed E-state index contributed by atoms with van der Waals surface area (Å²) in [5.41, 5.74) is 1.88. The quantitative estimate of drug-likeness (QED) is 0.833. The lowest BCUT2D eigenvalue weighted by Gasteiger charge is -2.15. The second-order valence-electron chi connectivity index (χ2n) is 7.26. The molecule has 2 aromatic carbocycles. The Morgan fingerprint density at radius 1 is 0.963 bits per heavy atom. The minimum Gasteiger partial charge on any atom is -0.493 e. The molecule has 2 aromatic rings. The van der Waals surface area contributed by atoms with Gasteiger partial charge in [-0.15, -0.1) is 0 Å². The summed E-state index contributed by atoms with van der Waals surface area (Å²) in [7, 11) is 0. The molecule has 0 saturated carbocycles. The zero-order valence-electron chi connectivity index (χ0n) is 15.9. The first kappa shape index (κ1) is 19.0. The molecule has 0 radical (unpaired) electrons. The van der Waals surface area contributed by atoms with Gasteiger partial charge in [0.05, 0.1) is 6.61 Å². The molecule has 27 heavy (non-hydrogen) atoms. The zero-order chi connectivity index (χ0) is 19.2. The van der Waals surface area contributed by atoms with Gasteiger partial charge in [-0.2, -0.15) is 0 Å². The van der Waals surface area contributed by atoms with E-state index in [4.69, 9.17) is 4.74 Å². The third kappa shape index (κ3) is 5.09. The Morgan fingerprint density at radius 3 is 2.15 bits per heavy atom. The lowest BCUT2D eigenvalue weighted by atomic mass is 10.1. The lowest BCUT2D eigenvalue weighted by molar-refractivity contribution is 0.0792. The first-order valence-corrected chi connectivity index (χ1v) is 9.46. The molecule has 1 saturated heterocycles.